The molecule has 1 aromatic carbocycles. The molecule has 0 saturated carbocycles. The molecule has 1 rings (SSSR count). The summed E-state index contributed by atoms with van der Waals surface area (Å²) in [5, 5.41) is 0. The van der Waals surface area contributed by atoms with Crippen molar-refractivity contribution in [2.24, 2.45) is 0 Å². The summed E-state index contributed by atoms with van der Waals surface area (Å²) in [6.07, 6.45) is 0.771. The molecule has 1 nitrogen and oxygen atoms in total. The van der Waals surface area contributed by atoms with Crippen molar-refractivity contribution in [2.75, 3.05) is 5.75 Å². The summed E-state index contributed by atoms with van der Waals surface area (Å²) in [6.45, 7) is 1.56. The third-order valence-corrected chi connectivity index (χ3v) is 1.96. The molecular weight excluding hydrogens is 192 g/mol. The van der Waals surface area contributed by atoms with Crippen LogP contribution in [0.3, 0.4) is 0 Å². The van der Waals surface area contributed by atoms with Gasteiger partial charge >= 0.3 is 0 Å². The van der Waals surface area contributed by atoms with Crippen molar-refractivity contribution >= 4 is 18.4 Å². The molecule has 0 amide bonds. The number of hydrogen-bond acceptors (Lipinski definition) is 2. The van der Waals surface area contributed by atoms with Crippen LogP contribution in [-0.4, -0.2) is 11.5 Å². The minimum atomic E-state index is 0.0721. The van der Waals surface area contributed by atoms with Crippen molar-refractivity contribution in [3.8, 4) is 11.8 Å². The summed E-state index contributed by atoms with van der Waals surface area (Å²) < 4.78 is 0. The summed E-state index contributed by atoms with van der Waals surface area (Å²) in [5.41, 5.74) is 1.60. The third kappa shape index (κ3) is 3.27. The van der Waals surface area contributed by atoms with E-state index >= 15 is 0 Å². The monoisotopic (exact) mass is 204 g/mol. The van der Waals surface area contributed by atoms with Crippen LogP contribution in [0.5, 0.6) is 0 Å². The average Bonchev–Trinajstić information content (AvgIpc) is 2.19. The van der Waals surface area contributed by atoms with Crippen LogP contribution in [-0.2, 0) is 0 Å². The fourth-order valence-corrected chi connectivity index (χ4v) is 1.15. The lowest BCUT2D eigenvalue weighted by Gasteiger charge is -1.95. The Bertz CT molecular complexity index is 385. The molecule has 0 aromatic heterocycles. The maximum atomic E-state index is 11.1. The summed E-state index contributed by atoms with van der Waals surface area (Å²) in [5.74, 6) is 6.80. The Kier molecular flexibility index (Phi) is 4.28. The standard InChI is InChI=1S/C12H12OS/c1-10(13)12-7-4-6-11(9-12)5-2-3-8-14/h4,6-7,9,14H,3,8H2,1H3. The van der Waals surface area contributed by atoms with Crippen LogP contribution in [0.4, 0.5) is 0 Å². The summed E-state index contributed by atoms with van der Waals surface area (Å²) in [4.78, 5) is 11.1. The van der Waals surface area contributed by atoms with Crippen LogP contribution in [0.25, 0.3) is 0 Å². The Balaban J connectivity index is 2.85. The zero-order valence-corrected chi connectivity index (χ0v) is 8.97. The predicted molar refractivity (Wildman–Crippen MR) is 61.8 cm³/mol. The first kappa shape index (κ1) is 10.9. The molecule has 0 N–H and O–H groups in total. The quantitative estimate of drug-likeness (QED) is 0.445. The Morgan fingerprint density at radius 1 is 1.50 bits per heavy atom. The number of benzene rings is 1. The second-order valence-electron chi connectivity index (χ2n) is 2.91. The predicted octanol–water partition coefficient (Wildman–Crippen LogP) is 2.56. The van der Waals surface area contributed by atoms with Gasteiger partial charge in [-0.2, -0.15) is 12.6 Å². The molecule has 0 heterocycles. The fourth-order valence-electron chi connectivity index (χ4n) is 1.04. The Morgan fingerprint density at radius 2 is 2.29 bits per heavy atom. The van der Waals surface area contributed by atoms with E-state index in [0.717, 1.165) is 17.7 Å². The third-order valence-electron chi connectivity index (χ3n) is 1.74. The first-order valence-corrected chi connectivity index (χ1v) is 5.08. The fraction of sp³-hybridized carbons (Fsp3) is 0.250. The molecule has 0 radical (unpaired) electrons. The Hall–Kier alpha value is -1.20. The van der Waals surface area contributed by atoms with Gasteiger partial charge < -0.3 is 0 Å². The van der Waals surface area contributed by atoms with Crippen molar-refractivity contribution in [3.05, 3.63) is 35.4 Å². The van der Waals surface area contributed by atoms with Gasteiger partial charge in [-0.15, -0.1) is 0 Å². The van der Waals surface area contributed by atoms with Gasteiger partial charge in [0.1, 0.15) is 0 Å². The maximum Gasteiger partial charge on any atom is 0.159 e. The van der Waals surface area contributed by atoms with E-state index < -0.39 is 0 Å². The topological polar surface area (TPSA) is 17.1 Å². The Labute approximate surface area is 89.9 Å². The first-order chi connectivity index (χ1) is 6.74. The molecule has 0 aliphatic carbocycles. The van der Waals surface area contributed by atoms with E-state index in [1.54, 1.807) is 13.0 Å². The Morgan fingerprint density at radius 3 is 2.93 bits per heavy atom. The number of thiol groups is 1. The normalized spacial score (nSPS) is 9.00. The zero-order chi connectivity index (χ0) is 10.4. The molecular formula is C12H12OS. The summed E-state index contributed by atoms with van der Waals surface area (Å²) in [7, 11) is 0. The van der Waals surface area contributed by atoms with E-state index in [1.165, 1.54) is 0 Å². The lowest BCUT2D eigenvalue weighted by atomic mass is 10.1. The minimum Gasteiger partial charge on any atom is -0.295 e. The van der Waals surface area contributed by atoms with E-state index in [2.05, 4.69) is 24.5 Å². The number of ketones is 1. The number of hydrogen-bond donors (Lipinski definition) is 1. The molecule has 0 unspecified atom stereocenters. The van der Waals surface area contributed by atoms with Crippen LogP contribution in [0.15, 0.2) is 24.3 Å². The van der Waals surface area contributed by atoms with Crippen molar-refractivity contribution in [2.45, 2.75) is 13.3 Å². The van der Waals surface area contributed by atoms with Crippen LogP contribution in [0, 0.1) is 11.8 Å². The molecule has 0 aliphatic heterocycles. The molecule has 0 bridgehead atoms. The molecule has 0 atom stereocenters. The number of Topliss-reactive ketones (excluding diaryl/α,β-unsaturated/α-hetero) is 1. The number of rotatable bonds is 2. The van der Waals surface area contributed by atoms with Gasteiger partial charge in [0.15, 0.2) is 5.78 Å². The van der Waals surface area contributed by atoms with E-state index in [0.29, 0.717) is 5.56 Å². The van der Waals surface area contributed by atoms with Crippen LogP contribution in [0.1, 0.15) is 29.3 Å². The van der Waals surface area contributed by atoms with Gasteiger partial charge in [0.2, 0.25) is 0 Å². The van der Waals surface area contributed by atoms with E-state index in [1.807, 2.05) is 18.2 Å². The highest BCUT2D eigenvalue weighted by Gasteiger charge is 1.97. The van der Waals surface area contributed by atoms with E-state index in [4.69, 9.17) is 0 Å². The van der Waals surface area contributed by atoms with Gasteiger partial charge in [-0.3, -0.25) is 4.79 Å². The molecule has 0 aliphatic rings. The molecule has 1 aromatic rings. The molecule has 72 valence electrons. The molecule has 2 heteroatoms. The van der Waals surface area contributed by atoms with Crippen LogP contribution >= 0.6 is 12.6 Å². The zero-order valence-electron chi connectivity index (χ0n) is 8.08. The van der Waals surface area contributed by atoms with Gasteiger partial charge in [0.25, 0.3) is 0 Å². The van der Waals surface area contributed by atoms with Gasteiger partial charge in [-0.1, -0.05) is 24.0 Å². The minimum absolute atomic E-state index is 0.0721. The first-order valence-electron chi connectivity index (χ1n) is 4.45. The lowest BCUT2D eigenvalue weighted by Crippen LogP contribution is -1.91. The smallest absolute Gasteiger partial charge is 0.159 e. The number of carbonyl (C=O) groups excluding carboxylic acids is 1. The molecule has 0 fully saturated rings. The van der Waals surface area contributed by atoms with Gasteiger partial charge in [0, 0.05) is 23.3 Å². The van der Waals surface area contributed by atoms with Gasteiger partial charge in [0.05, 0.1) is 0 Å². The van der Waals surface area contributed by atoms with E-state index in [9.17, 15) is 4.79 Å². The molecule has 0 saturated heterocycles. The van der Waals surface area contributed by atoms with Crippen molar-refractivity contribution in [3.63, 3.8) is 0 Å². The lowest BCUT2D eigenvalue weighted by molar-refractivity contribution is 0.101. The largest absolute Gasteiger partial charge is 0.295 e. The number of carbonyl (C=O) groups is 1. The van der Waals surface area contributed by atoms with Crippen LogP contribution < -0.4 is 0 Å². The highest BCUT2D eigenvalue weighted by molar-refractivity contribution is 7.80. The molecule has 14 heavy (non-hydrogen) atoms. The average molecular weight is 204 g/mol. The van der Waals surface area contributed by atoms with Crippen molar-refractivity contribution < 1.29 is 4.79 Å². The molecule has 0 spiro atoms. The second-order valence-corrected chi connectivity index (χ2v) is 3.36. The van der Waals surface area contributed by atoms with Gasteiger partial charge in [-0.25, -0.2) is 0 Å². The maximum absolute atomic E-state index is 11.1. The van der Waals surface area contributed by atoms with Crippen LogP contribution in [0.2, 0.25) is 0 Å². The SMILES string of the molecule is CC(=O)c1cccc(C#CCCS)c1. The highest BCUT2D eigenvalue weighted by atomic mass is 32.1. The summed E-state index contributed by atoms with van der Waals surface area (Å²) in [6, 6.07) is 7.36. The van der Waals surface area contributed by atoms with Crippen molar-refractivity contribution in [1.29, 1.82) is 0 Å². The highest BCUT2D eigenvalue weighted by Crippen LogP contribution is 2.04. The van der Waals surface area contributed by atoms with Crippen molar-refractivity contribution in [1.82, 2.24) is 0 Å². The second kappa shape index (κ2) is 5.51. The summed E-state index contributed by atoms with van der Waals surface area (Å²) >= 11 is 4.06. The van der Waals surface area contributed by atoms with E-state index in [-0.39, 0.29) is 5.78 Å². The van der Waals surface area contributed by atoms with Gasteiger partial charge in [-0.05, 0) is 19.1 Å².